The molecule has 0 aliphatic carbocycles. The SMILES string of the molecule is COCCOCCCCNC(=O)c1cccc(F)c1F. The van der Waals surface area contributed by atoms with Gasteiger partial charge in [0.25, 0.3) is 5.91 Å². The summed E-state index contributed by atoms with van der Waals surface area (Å²) < 4.78 is 36.4. The number of unbranched alkanes of at least 4 members (excludes halogenated alkanes) is 1. The largest absolute Gasteiger partial charge is 0.382 e. The first-order chi connectivity index (χ1) is 9.66. The van der Waals surface area contributed by atoms with Crippen LogP contribution in [0.25, 0.3) is 0 Å². The van der Waals surface area contributed by atoms with Crippen molar-refractivity contribution in [2.75, 3.05) is 33.5 Å². The minimum absolute atomic E-state index is 0.277. The highest BCUT2D eigenvalue weighted by atomic mass is 19.2. The average molecular weight is 287 g/mol. The van der Waals surface area contributed by atoms with Gasteiger partial charge in [-0.15, -0.1) is 0 Å². The zero-order valence-electron chi connectivity index (χ0n) is 11.5. The van der Waals surface area contributed by atoms with Crippen LogP contribution in [0.4, 0.5) is 8.78 Å². The van der Waals surface area contributed by atoms with Gasteiger partial charge in [0.1, 0.15) is 0 Å². The molecule has 1 aromatic carbocycles. The fourth-order valence-corrected chi connectivity index (χ4v) is 1.55. The number of halogens is 2. The Hall–Kier alpha value is -1.53. The zero-order chi connectivity index (χ0) is 14.8. The Labute approximate surface area is 117 Å². The molecule has 0 radical (unpaired) electrons. The Bertz CT molecular complexity index is 427. The molecule has 112 valence electrons. The van der Waals surface area contributed by atoms with Gasteiger partial charge in [-0.05, 0) is 25.0 Å². The van der Waals surface area contributed by atoms with Crippen LogP contribution in [0, 0.1) is 11.6 Å². The van der Waals surface area contributed by atoms with Crippen molar-refractivity contribution in [3.05, 3.63) is 35.4 Å². The molecular formula is C14H19F2NO3. The maximum Gasteiger partial charge on any atom is 0.254 e. The molecule has 0 fully saturated rings. The molecular weight excluding hydrogens is 268 g/mol. The van der Waals surface area contributed by atoms with E-state index in [9.17, 15) is 13.6 Å². The smallest absolute Gasteiger partial charge is 0.254 e. The maximum absolute atomic E-state index is 13.3. The first-order valence-electron chi connectivity index (χ1n) is 6.45. The summed E-state index contributed by atoms with van der Waals surface area (Å²) in [4.78, 5) is 11.6. The summed E-state index contributed by atoms with van der Waals surface area (Å²) in [7, 11) is 1.60. The van der Waals surface area contributed by atoms with Gasteiger partial charge in [-0.1, -0.05) is 6.07 Å². The molecule has 0 aromatic heterocycles. The minimum atomic E-state index is -1.12. The van der Waals surface area contributed by atoms with Crippen molar-refractivity contribution in [1.82, 2.24) is 5.32 Å². The van der Waals surface area contributed by atoms with E-state index in [1.807, 2.05) is 0 Å². The molecule has 0 heterocycles. The molecule has 1 amide bonds. The lowest BCUT2D eigenvalue weighted by Crippen LogP contribution is -2.25. The van der Waals surface area contributed by atoms with Gasteiger partial charge < -0.3 is 14.8 Å². The van der Waals surface area contributed by atoms with Gasteiger partial charge in [-0.2, -0.15) is 0 Å². The molecule has 4 nitrogen and oxygen atoms in total. The minimum Gasteiger partial charge on any atom is -0.382 e. The Kier molecular flexibility index (Phi) is 7.75. The number of methoxy groups -OCH3 is 1. The molecule has 1 N–H and O–H groups in total. The van der Waals surface area contributed by atoms with Crippen LogP contribution in [0.3, 0.4) is 0 Å². The van der Waals surface area contributed by atoms with Crippen LogP contribution in [-0.2, 0) is 9.47 Å². The first kappa shape index (κ1) is 16.5. The fourth-order valence-electron chi connectivity index (χ4n) is 1.55. The summed E-state index contributed by atoms with van der Waals surface area (Å²) in [6.45, 7) is 2.06. The van der Waals surface area contributed by atoms with Crippen LogP contribution in [0.2, 0.25) is 0 Å². The molecule has 0 saturated heterocycles. The Morgan fingerprint density at radius 2 is 2.00 bits per heavy atom. The summed E-state index contributed by atoms with van der Waals surface area (Å²) in [5.74, 6) is -2.75. The van der Waals surface area contributed by atoms with Crippen molar-refractivity contribution in [3.63, 3.8) is 0 Å². The van der Waals surface area contributed by atoms with Crippen LogP contribution in [0.5, 0.6) is 0 Å². The monoisotopic (exact) mass is 287 g/mol. The van der Waals surface area contributed by atoms with Crippen LogP contribution in [0.1, 0.15) is 23.2 Å². The lowest BCUT2D eigenvalue weighted by atomic mass is 10.2. The second kappa shape index (κ2) is 9.39. The van der Waals surface area contributed by atoms with Gasteiger partial charge in [0.05, 0.1) is 18.8 Å². The summed E-state index contributed by atoms with van der Waals surface area (Å²) in [6.07, 6.45) is 1.48. The summed E-state index contributed by atoms with van der Waals surface area (Å²) >= 11 is 0. The maximum atomic E-state index is 13.3. The number of carbonyl (C=O) groups is 1. The molecule has 6 heteroatoms. The molecule has 0 atom stereocenters. The number of rotatable bonds is 9. The third-order valence-electron chi connectivity index (χ3n) is 2.63. The van der Waals surface area contributed by atoms with E-state index in [0.717, 1.165) is 12.5 Å². The van der Waals surface area contributed by atoms with Gasteiger partial charge >= 0.3 is 0 Å². The van der Waals surface area contributed by atoms with Crippen LogP contribution < -0.4 is 5.32 Å². The van der Waals surface area contributed by atoms with Crippen molar-refractivity contribution >= 4 is 5.91 Å². The van der Waals surface area contributed by atoms with Gasteiger partial charge in [-0.3, -0.25) is 4.79 Å². The summed E-state index contributed by atoms with van der Waals surface area (Å²) in [5.41, 5.74) is -0.277. The highest BCUT2D eigenvalue weighted by Gasteiger charge is 2.14. The number of carbonyl (C=O) groups excluding carboxylic acids is 1. The van der Waals surface area contributed by atoms with Crippen LogP contribution >= 0.6 is 0 Å². The molecule has 0 aliphatic heterocycles. The molecule has 1 rings (SSSR count). The summed E-state index contributed by atoms with van der Waals surface area (Å²) in [5, 5.41) is 2.54. The van der Waals surface area contributed by atoms with Crippen LogP contribution in [0.15, 0.2) is 18.2 Å². The van der Waals surface area contributed by atoms with Gasteiger partial charge in [0.15, 0.2) is 11.6 Å². The Morgan fingerprint density at radius 1 is 1.20 bits per heavy atom. The second-order valence-electron chi connectivity index (χ2n) is 4.17. The van der Waals surface area contributed by atoms with E-state index in [0.29, 0.717) is 32.8 Å². The quantitative estimate of drug-likeness (QED) is 0.708. The van der Waals surface area contributed by atoms with Crippen LogP contribution in [-0.4, -0.2) is 39.4 Å². The molecule has 0 spiro atoms. The van der Waals surface area contributed by atoms with E-state index < -0.39 is 17.5 Å². The standard InChI is InChI=1S/C14H19F2NO3/c1-19-9-10-20-8-3-2-7-17-14(18)11-5-4-6-12(15)13(11)16/h4-6H,2-3,7-10H2,1H3,(H,17,18). The molecule has 0 aliphatic rings. The lowest BCUT2D eigenvalue weighted by Gasteiger charge is -2.07. The topological polar surface area (TPSA) is 47.6 Å². The Morgan fingerprint density at radius 3 is 2.75 bits per heavy atom. The van der Waals surface area contributed by atoms with Gasteiger partial charge in [0, 0.05) is 20.3 Å². The van der Waals surface area contributed by atoms with E-state index in [1.54, 1.807) is 7.11 Å². The number of ether oxygens (including phenoxy) is 2. The van der Waals surface area contributed by atoms with Gasteiger partial charge in [0.2, 0.25) is 0 Å². The van der Waals surface area contributed by atoms with E-state index in [4.69, 9.17) is 9.47 Å². The van der Waals surface area contributed by atoms with Crippen molar-refractivity contribution in [3.8, 4) is 0 Å². The number of hydrogen-bond acceptors (Lipinski definition) is 3. The van der Waals surface area contributed by atoms with E-state index in [-0.39, 0.29) is 5.56 Å². The number of hydrogen-bond donors (Lipinski definition) is 1. The molecule has 0 bridgehead atoms. The predicted octanol–water partition coefficient (Wildman–Crippen LogP) is 2.14. The fraction of sp³-hybridized carbons (Fsp3) is 0.500. The summed E-state index contributed by atoms with van der Waals surface area (Å²) in [6, 6.07) is 3.53. The number of amides is 1. The highest BCUT2D eigenvalue weighted by Crippen LogP contribution is 2.10. The molecule has 1 aromatic rings. The number of nitrogens with one attached hydrogen (secondary N) is 1. The Balaban J connectivity index is 2.19. The predicted molar refractivity (Wildman–Crippen MR) is 70.6 cm³/mol. The van der Waals surface area contributed by atoms with Crippen molar-refractivity contribution in [1.29, 1.82) is 0 Å². The highest BCUT2D eigenvalue weighted by molar-refractivity contribution is 5.94. The van der Waals surface area contributed by atoms with E-state index >= 15 is 0 Å². The van der Waals surface area contributed by atoms with Crippen molar-refractivity contribution in [2.45, 2.75) is 12.8 Å². The lowest BCUT2D eigenvalue weighted by molar-refractivity contribution is 0.0686. The average Bonchev–Trinajstić information content (AvgIpc) is 2.44. The van der Waals surface area contributed by atoms with Crippen molar-refractivity contribution < 1.29 is 23.0 Å². The van der Waals surface area contributed by atoms with E-state index in [1.165, 1.54) is 12.1 Å². The molecule has 20 heavy (non-hydrogen) atoms. The third-order valence-corrected chi connectivity index (χ3v) is 2.63. The molecule has 0 saturated carbocycles. The van der Waals surface area contributed by atoms with Gasteiger partial charge in [-0.25, -0.2) is 8.78 Å². The number of benzene rings is 1. The molecule has 0 unspecified atom stereocenters. The third kappa shape index (κ3) is 5.63. The second-order valence-corrected chi connectivity index (χ2v) is 4.17. The van der Waals surface area contributed by atoms with E-state index in [2.05, 4.69) is 5.32 Å². The van der Waals surface area contributed by atoms with Crippen molar-refractivity contribution in [2.24, 2.45) is 0 Å². The first-order valence-corrected chi connectivity index (χ1v) is 6.45. The zero-order valence-corrected chi connectivity index (χ0v) is 11.5. The normalized spacial score (nSPS) is 10.6.